The van der Waals surface area contributed by atoms with Gasteiger partial charge in [0.2, 0.25) is 0 Å². The van der Waals surface area contributed by atoms with Gasteiger partial charge in [0.05, 0.1) is 5.69 Å². The Balaban J connectivity index is 2.03. The first kappa shape index (κ1) is 9.71. The van der Waals surface area contributed by atoms with Crippen molar-refractivity contribution in [2.24, 2.45) is 0 Å². The molecule has 2 aromatic rings. The van der Waals surface area contributed by atoms with Crippen LogP contribution in [0.2, 0.25) is 0 Å². The maximum atomic E-state index is 5.64. The fourth-order valence-corrected chi connectivity index (χ4v) is 1.30. The monoisotopic (exact) mass is 198 g/mol. The van der Waals surface area contributed by atoms with E-state index in [-0.39, 0.29) is 0 Å². The molecule has 15 heavy (non-hydrogen) atoms. The number of pyridine rings is 1. The zero-order valence-corrected chi connectivity index (χ0v) is 8.60. The van der Waals surface area contributed by atoms with Crippen molar-refractivity contribution in [3.8, 4) is 5.75 Å². The summed E-state index contributed by atoms with van der Waals surface area (Å²) in [5, 5.41) is 0. The Morgan fingerprint density at radius 1 is 1.33 bits per heavy atom. The van der Waals surface area contributed by atoms with E-state index in [1.165, 1.54) is 0 Å². The van der Waals surface area contributed by atoms with Crippen LogP contribution in [-0.4, -0.2) is 4.98 Å². The lowest BCUT2D eigenvalue weighted by Gasteiger charge is -2.07. The maximum absolute atomic E-state index is 5.64. The number of ether oxygens (including phenoxy) is 1. The summed E-state index contributed by atoms with van der Waals surface area (Å²) in [5.41, 5.74) is 2.03. The molecule has 75 valence electrons. The highest BCUT2D eigenvalue weighted by Gasteiger charge is 1.98. The molecule has 0 spiro atoms. The summed E-state index contributed by atoms with van der Waals surface area (Å²) in [7, 11) is 0. The van der Waals surface area contributed by atoms with Crippen LogP contribution in [0.5, 0.6) is 5.75 Å². The molecule has 0 aliphatic rings. The third kappa shape index (κ3) is 2.56. The van der Waals surface area contributed by atoms with E-state index in [1.54, 1.807) is 6.20 Å². The van der Waals surface area contributed by atoms with Crippen molar-refractivity contribution < 1.29 is 4.74 Å². The molecule has 0 unspecified atom stereocenters. The molecule has 0 bridgehead atoms. The molecule has 2 heteroatoms. The zero-order chi connectivity index (χ0) is 10.5. The van der Waals surface area contributed by atoms with Gasteiger partial charge in [0.15, 0.2) is 0 Å². The number of hydrogen-bond donors (Lipinski definition) is 0. The van der Waals surface area contributed by atoms with Gasteiger partial charge >= 0.3 is 0 Å². The van der Waals surface area contributed by atoms with Crippen molar-refractivity contribution in [1.82, 2.24) is 4.98 Å². The summed E-state index contributed by atoms with van der Waals surface area (Å²) >= 11 is 0. The van der Waals surface area contributed by atoms with Crippen molar-refractivity contribution in [3.63, 3.8) is 0 Å². The van der Waals surface area contributed by atoms with E-state index < -0.39 is 0 Å². The fraction of sp³-hybridized carbons (Fsp3) is 0.154. The Bertz CT molecular complexity index is 426. The summed E-state index contributed by atoms with van der Waals surface area (Å²) in [4.78, 5) is 4.19. The first-order valence-corrected chi connectivity index (χ1v) is 4.85. The van der Waals surface area contributed by atoms with Gasteiger partial charge in [0.25, 0.3) is 0 Å². The Labute approximate surface area is 89.6 Å². The summed E-state index contributed by atoms with van der Waals surface area (Å²) < 4.78 is 5.64. The van der Waals surface area contributed by atoms with Crippen LogP contribution in [0.25, 0.3) is 0 Å². The number of benzene rings is 1. The average Bonchev–Trinajstić information content (AvgIpc) is 2.29. The van der Waals surface area contributed by atoms with Gasteiger partial charge < -0.3 is 4.74 Å². The van der Waals surface area contributed by atoms with Crippen LogP contribution in [0.3, 0.4) is 0 Å². The second-order valence-electron chi connectivity index (χ2n) is 3.30. The minimum atomic E-state index is 0.506. The first-order valence-electron chi connectivity index (χ1n) is 4.85. The minimum absolute atomic E-state index is 0.506. The molecule has 2 nitrogen and oxygen atoms in total. The van der Waals surface area contributed by atoms with Gasteiger partial charge in [0.1, 0.15) is 12.4 Å². The molecule has 0 fully saturated rings. The van der Waals surface area contributed by atoms with Crippen molar-refractivity contribution in [3.05, 3.63) is 59.9 Å². The quantitative estimate of drug-likeness (QED) is 0.756. The molecule has 1 aromatic carbocycles. The third-order valence-corrected chi connectivity index (χ3v) is 2.12. The van der Waals surface area contributed by atoms with Gasteiger partial charge in [-0.05, 0) is 42.8 Å². The molecule has 0 aliphatic heterocycles. The number of aryl methyl sites for hydroxylation is 1. The first-order chi connectivity index (χ1) is 7.36. The van der Waals surface area contributed by atoms with Crippen LogP contribution in [-0.2, 0) is 6.61 Å². The van der Waals surface area contributed by atoms with Crippen LogP contribution < -0.4 is 4.74 Å². The van der Waals surface area contributed by atoms with Crippen LogP contribution >= 0.6 is 0 Å². The molecule has 0 saturated carbocycles. The largest absolute Gasteiger partial charge is 0.487 e. The normalized spacial score (nSPS) is 9.93. The SMILES string of the molecule is Cc1c[c]ccc1OCc1ccccn1. The highest BCUT2D eigenvalue weighted by molar-refractivity contribution is 5.31. The topological polar surface area (TPSA) is 22.1 Å². The second kappa shape index (κ2) is 4.60. The number of rotatable bonds is 3. The van der Waals surface area contributed by atoms with E-state index in [1.807, 2.05) is 43.3 Å². The lowest BCUT2D eigenvalue weighted by molar-refractivity contribution is 0.299. The maximum Gasteiger partial charge on any atom is 0.130 e. The molecule has 1 radical (unpaired) electrons. The molecule has 0 saturated heterocycles. The van der Waals surface area contributed by atoms with Gasteiger partial charge in [-0.3, -0.25) is 4.98 Å². The van der Waals surface area contributed by atoms with Gasteiger partial charge in [0, 0.05) is 6.20 Å². The highest BCUT2D eigenvalue weighted by Crippen LogP contribution is 2.16. The van der Waals surface area contributed by atoms with Crippen molar-refractivity contribution in [2.45, 2.75) is 13.5 Å². The molecule has 1 aromatic heterocycles. The average molecular weight is 198 g/mol. The predicted molar refractivity (Wildman–Crippen MR) is 58.6 cm³/mol. The van der Waals surface area contributed by atoms with E-state index in [0.717, 1.165) is 17.0 Å². The summed E-state index contributed by atoms with van der Waals surface area (Å²) in [6.45, 7) is 2.51. The second-order valence-corrected chi connectivity index (χ2v) is 3.30. The molecule has 0 N–H and O–H groups in total. The predicted octanol–water partition coefficient (Wildman–Crippen LogP) is 2.77. The van der Waals surface area contributed by atoms with Gasteiger partial charge in [-0.1, -0.05) is 12.1 Å². The molecule has 0 atom stereocenters. The van der Waals surface area contributed by atoms with Crippen LogP contribution in [0.4, 0.5) is 0 Å². The summed E-state index contributed by atoms with van der Waals surface area (Å²) in [6.07, 6.45) is 1.77. The standard InChI is InChI=1S/C13H12NO/c1-11-6-2-3-8-13(11)15-10-12-7-4-5-9-14-12/h3-9H,10H2,1H3. The van der Waals surface area contributed by atoms with E-state index in [4.69, 9.17) is 4.74 Å². The third-order valence-electron chi connectivity index (χ3n) is 2.12. The Morgan fingerprint density at radius 3 is 3.00 bits per heavy atom. The van der Waals surface area contributed by atoms with Gasteiger partial charge in [-0.25, -0.2) is 0 Å². The summed E-state index contributed by atoms with van der Waals surface area (Å²) in [5.74, 6) is 0.888. The zero-order valence-electron chi connectivity index (χ0n) is 8.60. The van der Waals surface area contributed by atoms with E-state index in [0.29, 0.717) is 6.61 Å². The molecule has 0 aliphatic carbocycles. The van der Waals surface area contributed by atoms with Crippen molar-refractivity contribution in [2.75, 3.05) is 0 Å². The number of nitrogens with zero attached hydrogens (tertiary/aromatic N) is 1. The fourth-order valence-electron chi connectivity index (χ4n) is 1.30. The van der Waals surface area contributed by atoms with Crippen LogP contribution in [0.15, 0.2) is 42.6 Å². The highest BCUT2D eigenvalue weighted by atomic mass is 16.5. The lowest BCUT2D eigenvalue weighted by atomic mass is 10.2. The van der Waals surface area contributed by atoms with Crippen LogP contribution in [0, 0.1) is 13.0 Å². The van der Waals surface area contributed by atoms with Crippen molar-refractivity contribution in [1.29, 1.82) is 0 Å². The van der Waals surface area contributed by atoms with Crippen molar-refractivity contribution >= 4 is 0 Å². The minimum Gasteiger partial charge on any atom is -0.487 e. The lowest BCUT2D eigenvalue weighted by Crippen LogP contribution is -1.98. The Hall–Kier alpha value is -1.83. The Kier molecular flexibility index (Phi) is 2.98. The molecule has 2 rings (SSSR count). The van der Waals surface area contributed by atoms with E-state index in [9.17, 15) is 0 Å². The van der Waals surface area contributed by atoms with E-state index in [2.05, 4.69) is 11.1 Å². The summed E-state index contributed by atoms with van der Waals surface area (Å²) in [6, 6.07) is 14.5. The molecule has 1 heterocycles. The molecule has 0 amide bonds. The smallest absolute Gasteiger partial charge is 0.130 e. The van der Waals surface area contributed by atoms with Gasteiger partial charge in [-0.15, -0.1) is 0 Å². The van der Waals surface area contributed by atoms with E-state index >= 15 is 0 Å². The van der Waals surface area contributed by atoms with Crippen LogP contribution in [0.1, 0.15) is 11.3 Å². The number of aromatic nitrogens is 1. The van der Waals surface area contributed by atoms with Gasteiger partial charge in [-0.2, -0.15) is 0 Å². The number of hydrogen-bond acceptors (Lipinski definition) is 2. The molecular weight excluding hydrogens is 186 g/mol. The molecular formula is C13H12NO. The Morgan fingerprint density at radius 2 is 2.27 bits per heavy atom.